The van der Waals surface area contributed by atoms with Crippen molar-refractivity contribution < 1.29 is 38.1 Å². The number of thioether (sulfide) groups is 2. The number of hydrogen-bond acceptors (Lipinski definition) is 14. The van der Waals surface area contributed by atoms with Crippen molar-refractivity contribution in [3.63, 3.8) is 0 Å². The van der Waals surface area contributed by atoms with Crippen LogP contribution in [-0.2, 0) is 19.1 Å². The summed E-state index contributed by atoms with van der Waals surface area (Å²) in [5.74, 6) is 5.71. The molecule has 2 unspecified atom stereocenters. The summed E-state index contributed by atoms with van der Waals surface area (Å²) in [6.45, 7) is 1.07. The second kappa shape index (κ2) is 19.5. The van der Waals surface area contributed by atoms with Crippen LogP contribution in [0.1, 0.15) is 52.8 Å². The van der Waals surface area contributed by atoms with Crippen LogP contribution < -0.4 is 36.1 Å². The molecule has 322 valence electrons. The minimum atomic E-state index is -0.899. The molecular formula is C44H46N8O8S2. The number of carbonyl (C=O) groups excluding carboxylic acids is 4. The number of nitrogens with zero attached hydrogens (tertiary/aromatic N) is 3. The number of fused-ring (bicyclic) bond motifs is 2. The van der Waals surface area contributed by atoms with E-state index in [0.29, 0.717) is 71.1 Å². The van der Waals surface area contributed by atoms with Gasteiger partial charge in [0.15, 0.2) is 23.0 Å². The number of hydrogen-bond donors (Lipinski definition) is 5. The predicted octanol–water partition coefficient (Wildman–Crippen LogP) is 5.96. The van der Waals surface area contributed by atoms with E-state index in [2.05, 4.69) is 26.6 Å². The van der Waals surface area contributed by atoms with Crippen LogP contribution in [0.2, 0.25) is 0 Å². The van der Waals surface area contributed by atoms with Gasteiger partial charge >= 0.3 is 12.2 Å². The van der Waals surface area contributed by atoms with E-state index in [0.717, 1.165) is 28.6 Å². The van der Waals surface area contributed by atoms with Crippen LogP contribution in [0, 0.1) is 0 Å². The van der Waals surface area contributed by atoms with E-state index in [1.54, 1.807) is 40.6 Å². The molecule has 0 aliphatic carbocycles. The zero-order chi connectivity index (χ0) is 43.0. The first-order chi connectivity index (χ1) is 30.3. The fraction of sp³-hybridized carbons (Fsp3) is 0.318. The number of nitrogens with one attached hydrogen (secondary N) is 5. The fourth-order valence-corrected chi connectivity index (χ4v) is 9.38. The van der Waals surface area contributed by atoms with E-state index in [4.69, 9.17) is 28.9 Å². The number of methoxy groups -OCH3 is 2. The van der Waals surface area contributed by atoms with Crippen LogP contribution in [0.25, 0.3) is 0 Å². The van der Waals surface area contributed by atoms with Gasteiger partial charge in [0.2, 0.25) is 5.91 Å². The molecule has 62 heavy (non-hydrogen) atoms. The molecular weight excluding hydrogens is 833 g/mol. The summed E-state index contributed by atoms with van der Waals surface area (Å²) in [5.41, 5.74) is 3.31. The van der Waals surface area contributed by atoms with Crippen molar-refractivity contribution in [1.82, 2.24) is 31.5 Å². The maximum Gasteiger partial charge on any atom is 0.407 e. The highest BCUT2D eigenvalue weighted by molar-refractivity contribution is 7.99. The lowest BCUT2D eigenvalue weighted by Crippen LogP contribution is -2.50. The summed E-state index contributed by atoms with van der Waals surface area (Å²) < 4.78 is 22.2. The highest BCUT2D eigenvalue weighted by atomic mass is 32.2. The van der Waals surface area contributed by atoms with E-state index >= 15 is 0 Å². The van der Waals surface area contributed by atoms with Gasteiger partial charge < -0.3 is 50.4 Å². The van der Waals surface area contributed by atoms with Gasteiger partial charge in [-0.1, -0.05) is 72.8 Å². The van der Waals surface area contributed by atoms with E-state index in [9.17, 15) is 19.2 Å². The molecule has 4 amide bonds. The van der Waals surface area contributed by atoms with Crippen LogP contribution in [0.15, 0.2) is 107 Å². The molecule has 0 saturated carbocycles. The number of ether oxygens (including phenoxy) is 4. The number of benzene rings is 4. The largest absolute Gasteiger partial charge is 0.453 e. The van der Waals surface area contributed by atoms with Crippen LogP contribution in [0.4, 0.5) is 9.59 Å². The number of amidine groups is 2. The molecule has 0 bridgehead atoms. The summed E-state index contributed by atoms with van der Waals surface area (Å²) in [5, 5.41) is 15.3. The van der Waals surface area contributed by atoms with Crippen molar-refractivity contribution in [3.05, 3.63) is 119 Å². The smallest absolute Gasteiger partial charge is 0.407 e. The molecule has 16 nitrogen and oxygen atoms in total. The predicted molar refractivity (Wildman–Crippen MR) is 237 cm³/mol. The van der Waals surface area contributed by atoms with Gasteiger partial charge in [0, 0.05) is 17.9 Å². The quantitative estimate of drug-likeness (QED) is 0.0650. The van der Waals surface area contributed by atoms with Crippen LogP contribution in [0.5, 0.6) is 23.0 Å². The summed E-state index contributed by atoms with van der Waals surface area (Å²) >= 11 is 3.20. The maximum atomic E-state index is 13.9. The molecule has 4 aromatic rings. The van der Waals surface area contributed by atoms with Crippen LogP contribution >= 0.6 is 23.5 Å². The molecule has 0 spiro atoms. The van der Waals surface area contributed by atoms with Gasteiger partial charge in [-0.2, -0.15) is 0 Å². The van der Waals surface area contributed by atoms with Crippen LogP contribution in [-0.4, -0.2) is 97.2 Å². The molecule has 4 aliphatic rings. The minimum absolute atomic E-state index is 0.0242. The monoisotopic (exact) mass is 878 g/mol. The molecule has 8 rings (SSSR count). The SMILES string of the molecule is COC(=O)N[C@@H](C(=O)NCSCCC1=NCC(c2ccc3c(c2)Oc2ccc(C4CN=C([C@@H]5CSCN5C(=O)[C@H](NC(=O)OC)c5ccccc5)N4)cc2O3)N1)c1ccccc1. The summed E-state index contributed by atoms with van der Waals surface area (Å²) in [7, 11) is 2.53. The topological polar surface area (TPSA) is 193 Å². The third kappa shape index (κ3) is 9.71. The highest BCUT2D eigenvalue weighted by Crippen LogP contribution is 2.47. The number of rotatable bonds is 14. The van der Waals surface area contributed by atoms with Crippen molar-refractivity contribution >= 4 is 59.2 Å². The molecule has 1 fully saturated rings. The van der Waals surface area contributed by atoms with Gasteiger partial charge in [-0.05, 0) is 46.5 Å². The molecule has 4 aromatic carbocycles. The molecule has 1 saturated heterocycles. The zero-order valence-corrected chi connectivity index (χ0v) is 35.6. The van der Waals surface area contributed by atoms with Gasteiger partial charge in [0.05, 0.1) is 63.0 Å². The Hall–Kier alpha value is -6.40. The number of carbonyl (C=O) groups is 4. The standard InChI is InChI=1S/C44H46N8O8S2/c1-57-43(55)50-38(26-9-5-3-6-10-26)41(53)47-24-61-18-17-37-45-21-30(48-37)28-13-15-33-35(19-28)59-34-16-14-29(20-36(34)60-33)31-22-46-40(49-31)32-23-62-25-52(32)42(54)39(51-44(56)58-2)27-11-7-4-8-12-27/h3-16,19-20,30-32,38-39H,17-18,21-25H2,1-2H3,(H,45,48)(H,46,49)(H,47,53)(H,50,55)(H,51,56)/t30?,31?,32-,38+,39+/m0/s1. The Kier molecular flexibility index (Phi) is 13.3. The summed E-state index contributed by atoms with van der Waals surface area (Å²) in [4.78, 5) is 62.3. The molecule has 5 N–H and O–H groups in total. The molecule has 0 aromatic heterocycles. The van der Waals surface area contributed by atoms with E-state index in [-0.39, 0.29) is 29.9 Å². The minimum Gasteiger partial charge on any atom is -0.453 e. The van der Waals surface area contributed by atoms with E-state index in [1.165, 1.54) is 14.2 Å². The summed E-state index contributed by atoms with van der Waals surface area (Å²) in [6.07, 6.45) is -0.668. The number of amides is 4. The first-order valence-corrected chi connectivity index (χ1v) is 22.4. The number of aliphatic imine (C=N–C) groups is 2. The average Bonchev–Trinajstić information content (AvgIpc) is 4.11. The average molecular weight is 879 g/mol. The lowest BCUT2D eigenvalue weighted by molar-refractivity contribution is -0.133. The molecule has 0 radical (unpaired) electrons. The van der Waals surface area contributed by atoms with Crippen molar-refractivity contribution in [1.29, 1.82) is 0 Å². The third-order valence-corrected chi connectivity index (χ3v) is 12.6. The Morgan fingerprint density at radius 3 is 1.98 bits per heavy atom. The Bertz CT molecular complexity index is 2350. The second-order valence-corrected chi connectivity index (χ2v) is 16.8. The fourth-order valence-electron chi connectivity index (χ4n) is 7.48. The van der Waals surface area contributed by atoms with E-state index < -0.39 is 24.3 Å². The molecule has 18 heteroatoms. The maximum absolute atomic E-state index is 13.9. The Labute approximate surface area is 367 Å². The summed E-state index contributed by atoms with van der Waals surface area (Å²) in [6, 6.07) is 27.7. The van der Waals surface area contributed by atoms with Crippen molar-refractivity contribution in [2.45, 2.75) is 36.6 Å². The van der Waals surface area contributed by atoms with Gasteiger partial charge in [0.1, 0.15) is 17.9 Å². The molecule has 4 aliphatic heterocycles. The molecule has 4 heterocycles. The Balaban J connectivity index is 0.814. The van der Waals surface area contributed by atoms with E-state index in [1.807, 2.05) is 84.9 Å². The lowest BCUT2D eigenvalue weighted by Gasteiger charge is -2.29. The Morgan fingerprint density at radius 1 is 0.774 bits per heavy atom. The van der Waals surface area contributed by atoms with Crippen molar-refractivity contribution in [2.75, 3.05) is 50.6 Å². The van der Waals surface area contributed by atoms with Gasteiger partial charge in [-0.3, -0.25) is 19.6 Å². The highest BCUT2D eigenvalue weighted by Gasteiger charge is 2.40. The zero-order valence-electron chi connectivity index (χ0n) is 34.0. The van der Waals surface area contributed by atoms with Gasteiger partial charge in [0.25, 0.3) is 5.91 Å². The molecule has 5 atom stereocenters. The first kappa shape index (κ1) is 42.3. The number of alkyl carbamates (subject to hydrolysis) is 2. The third-order valence-electron chi connectivity index (χ3n) is 10.7. The normalized spacial score (nSPS) is 19.4. The van der Waals surface area contributed by atoms with Crippen molar-refractivity contribution in [2.24, 2.45) is 9.98 Å². The lowest BCUT2D eigenvalue weighted by atomic mass is 10.0. The van der Waals surface area contributed by atoms with Crippen molar-refractivity contribution in [3.8, 4) is 23.0 Å². The van der Waals surface area contributed by atoms with Crippen LogP contribution in [0.3, 0.4) is 0 Å². The second-order valence-electron chi connectivity index (χ2n) is 14.7. The first-order valence-electron chi connectivity index (χ1n) is 20.0. The van der Waals surface area contributed by atoms with Gasteiger partial charge in [-0.15, -0.1) is 23.5 Å². The van der Waals surface area contributed by atoms with Gasteiger partial charge in [-0.25, -0.2) is 9.59 Å². The Morgan fingerprint density at radius 2 is 1.35 bits per heavy atom.